The zero-order valence-corrected chi connectivity index (χ0v) is 13.1. The fourth-order valence-electron chi connectivity index (χ4n) is 1.81. The molecule has 0 saturated carbocycles. The summed E-state index contributed by atoms with van der Waals surface area (Å²) in [6, 6.07) is 3.70. The van der Waals surface area contributed by atoms with Crippen molar-refractivity contribution in [1.29, 1.82) is 0 Å². The zero-order valence-electron chi connectivity index (χ0n) is 12.3. The number of aliphatic hydroxyl groups is 1. The summed E-state index contributed by atoms with van der Waals surface area (Å²) in [6.45, 7) is 0.400. The van der Waals surface area contributed by atoms with Crippen LogP contribution in [0.5, 0.6) is 0 Å². The summed E-state index contributed by atoms with van der Waals surface area (Å²) in [6.07, 6.45) is 5.35. The van der Waals surface area contributed by atoms with E-state index in [1.54, 1.807) is 24.2 Å². The second-order valence-electron chi connectivity index (χ2n) is 4.69. The third kappa shape index (κ3) is 4.81. The van der Waals surface area contributed by atoms with Crippen LogP contribution in [0.1, 0.15) is 12.2 Å². The highest BCUT2D eigenvalue weighted by Gasteiger charge is 2.14. The maximum atomic E-state index is 11.6. The van der Waals surface area contributed by atoms with Crippen LogP contribution >= 0.6 is 11.8 Å². The Hall–Kier alpha value is -1.93. The van der Waals surface area contributed by atoms with Gasteiger partial charge in [0, 0.05) is 30.9 Å². The largest absolute Gasteiger partial charge is 0.383 e. The number of aliphatic hydroxyl groups excluding tert-OH is 1. The van der Waals surface area contributed by atoms with Gasteiger partial charge in [-0.2, -0.15) is 16.9 Å². The molecule has 0 spiro atoms. The number of nitrogens with one attached hydrogen (secondary N) is 2. The van der Waals surface area contributed by atoms with Crippen molar-refractivity contribution in [1.82, 2.24) is 25.5 Å². The quantitative estimate of drug-likeness (QED) is 0.659. The Labute approximate surface area is 133 Å². The van der Waals surface area contributed by atoms with E-state index in [9.17, 15) is 9.90 Å². The van der Waals surface area contributed by atoms with Gasteiger partial charge in [0.05, 0.1) is 0 Å². The van der Waals surface area contributed by atoms with Crippen molar-refractivity contribution >= 4 is 17.7 Å². The van der Waals surface area contributed by atoms with Crippen LogP contribution in [-0.4, -0.2) is 55.8 Å². The summed E-state index contributed by atoms with van der Waals surface area (Å²) < 4.78 is 0. The molecular formula is C14H19N5O2S. The number of aromatic amines is 1. The van der Waals surface area contributed by atoms with E-state index in [1.165, 1.54) is 0 Å². The molecule has 0 fully saturated rings. The zero-order chi connectivity index (χ0) is 15.8. The highest BCUT2D eigenvalue weighted by molar-refractivity contribution is 7.98. The van der Waals surface area contributed by atoms with Gasteiger partial charge in [0.2, 0.25) is 5.91 Å². The third-order valence-corrected chi connectivity index (χ3v) is 3.65. The fourth-order valence-corrected chi connectivity index (χ4v) is 2.27. The predicted octanol–water partition coefficient (Wildman–Crippen LogP) is 0.639. The molecule has 0 saturated heterocycles. The molecular weight excluding hydrogens is 302 g/mol. The van der Waals surface area contributed by atoms with Gasteiger partial charge < -0.3 is 10.4 Å². The first kappa shape index (κ1) is 16.4. The molecule has 8 heteroatoms. The van der Waals surface area contributed by atoms with Crippen LogP contribution < -0.4 is 5.32 Å². The average Bonchev–Trinajstić information content (AvgIpc) is 3.02. The number of hydrogen-bond acceptors (Lipinski definition) is 6. The molecule has 3 N–H and O–H groups in total. The molecule has 0 bridgehead atoms. The lowest BCUT2D eigenvalue weighted by Gasteiger charge is -2.09. The predicted molar refractivity (Wildman–Crippen MR) is 85.3 cm³/mol. The lowest BCUT2D eigenvalue weighted by atomic mass is 10.2. The lowest BCUT2D eigenvalue weighted by molar-refractivity contribution is -0.129. The molecule has 2 rings (SSSR count). The van der Waals surface area contributed by atoms with Crippen LogP contribution in [0.4, 0.5) is 0 Å². The van der Waals surface area contributed by atoms with E-state index in [1.807, 2.05) is 18.4 Å². The van der Waals surface area contributed by atoms with Crippen LogP contribution in [0, 0.1) is 0 Å². The molecule has 0 aliphatic rings. The monoisotopic (exact) mass is 321 g/mol. The number of H-pyrrole nitrogens is 1. The maximum Gasteiger partial charge on any atom is 0.248 e. The summed E-state index contributed by atoms with van der Waals surface area (Å²) in [5, 5.41) is 19.3. The first-order valence-corrected chi connectivity index (χ1v) is 8.36. The molecule has 2 aromatic heterocycles. The molecule has 7 nitrogen and oxygen atoms in total. The number of aromatic nitrogens is 4. The van der Waals surface area contributed by atoms with E-state index in [0.29, 0.717) is 31.0 Å². The van der Waals surface area contributed by atoms with Crippen LogP contribution in [0.2, 0.25) is 0 Å². The van der Waals surface area contributed by atoms with Gasteiger partial charge in [-0.25, -0.2) is 4.98 Å². The van der Waals surface area contributed by atoms with Gasteiger partial charge in [-0.3, -0.25) is 14.9 Å². The van der Waals surface area contributed by atoms with Crippen LogP contribution in [0.3, 0.4) is 0 Å². The first-order valence-electron chi connectivity index (χ1n) is 6.97. The minimum Gasteiger partial charge on any atom is -0.383 e. The van der Waals surface area contributed by atoms with Crippen LogP contribution in [0.25, 0.3) is 11.4 Å². The van der Waals surface area contributed by atoms with Gasteiger partial charge in [-0.05, 0) is 30.6 Å². The molecule has 0 aliphatic heterocycles. The summed E-state index contributed by atoms with van der Waals surface area (Å²) >= 11 is 1.60. The Balaban J connectivity index is 1.78. The normalized spacial score (nSPS) is 12.1. The van der Waals surface area contributed by atoms with Crippen molar-refractivity contribution in [2.24, 2.45) is 0 Å². The molecule has 0 radical (unpaired) electrons. The fraction of sp³-hybridized carbons (Fsp3) is 0.429. The minimum absolute atomic E-state index is 0.346. The number of amides is 1. The number of rotatable bonds is 8. The van der Waals surface area contributed by atoms with Gasteiger partial charge in [0.15, 0.2) is 5.82 Å². The van der Waals surface area contributed by atoms with Crippen molar-refractivity contribution in [2.45, 2.75) is 18.9 Å². The molecule has 1 atom stereocenters. The molecule has 2 aromatic rings. The van der Waals surface area contributed by atoms with Crippen molar-refractivity contribution in [3.8, 4) is 11.4 Å². The Bertz CT molecular complexity index is 590. The molecule has 2 heterocycles. The van der Waals surface area contributed by atoms with Gasteiger partial charge >= 0.3 is 0 Å². The smallest absolute Gasteiger partial charge is 0.248 e. The number of hydrogen-bond donors (Lipinski definition) is 3. The summed E-state index contributed by atoms with van der Waals surface area (Å²) in [7, 11) is 0. The minimum atomic E-state index is -0.951. The van der Waals surface area contributed by atoms with Crippen molar-refractivity contribution in [2.75, 3.05) is 18.6 Å². The Morgan fingerprint density at radius 3 is 3.14 bits per heavy atom. The second-order valence-corrected chi connectivity index (χ2v) is 5.67. The van der Waals surface area contributed by atoms with Gasteiger partial charge in [0.1, 0.15) is 11.9 Å². The van der Waals surface area contributed by atoms with E-state index in [4.69, 9.17) is 0 Å². The van der Waals surface area contributed by atoms with E-state index in [0.717, 1.165) is 11.3 Å². The first-order chi connectivity index (χ1) is 10.7. The number of pyridine rings is 1. The standard InChI is InChI=1S/C14H19N5O2S/c1-22-8-5-11(20)14(21)16-7-4-12-17-13(19-18-12)10-3-2-6-15-9-10/h2-3,6,9,11,20H,4-5,7-8H2,1H3,(H,16,21)(H,17,18,19). The topological polar surface area (TPSA) is 104 Å². The SMILES string of the molecule is CSCCC(O)C(=O)NCCc1nc(-c2cccnc2)n[nH]1. The van der Waals surface area contributed by atoms with Gasteiger partial charge in [0.25, 0.3) is 0 Å². The molecule has 1 amide bonds. The average molecular weight is 321 g/mol. The molecule has 0 aliphatic carbocycles. The highest BCUT2D eigenvalue weighted by Crippen LogP contribution is 2.11. The molecule has 0 aromatic carbocycles. The summed E-state index contributed by atoms with van der Waals surface area (Å²) in [5.41, 5.74) is 0.835. The Kier molecular flexibility index (Phi) is 6.35. The maximum absolute atomic E-state index is 11.6. The van der Waals surface area contributed by atoms with Crippen molar-refractivity contribution in [3.63, 3.8) is 0 Å². The van der Waals surface area contributed by atoms with E-state index < -0.39 is 6.10 Å². The van der Waals surface area contributed by atoms with Crippen LogP contribution in [0.15, 0.2) is 24.5 Å². The molecule has 118 valence electrons. The lowest BCUT2D eigenvalue weighted by Crippen LogP contribution is -2.36. The summed E-state index contributed by atoms with van der Waals surface area (Å²) in [5.74, 6) is 1.67. The summed E-state index contributed by atoms with van der Waals surface area (Å²) in [4.78, 5) is 20.0. The Morgan fingerprint density at radius 1 is 1.55 bits per heavy atom. The third-order valence-electron chi connectivity index (χ3n) is 3.01. The highest BCUT2D eigenvalue weighted by atomic mass is 32.2. The number of carbonyl (C=O) groups excluding carboxylic acids is 1. The van der Waals surface area contributed by atoms with Crippen LogP contribution in [-0.2, 0) is 11.2 Å². The molecule has 22 heavy (non-hydrogen) atoms. The second kappa shape index (κ2) is 8.50. The number of nitrogens with zero attached hydrogens (tertiary/aromatic N) is 3. The van der Waals surface area contributed by atoms with Crippen molar-refractivity contribution < 1.29 is 9.90 Å². The van der Waals surface area contributed by atoms with E-state index in [-0.39, 0.29) is 5.91 Å². The van der Waals surface area contributed by atoms with Gasteiger partial charge in [-0.15, -0.1) is 0 Å². The van der Waals surface area contributed by atoms with Gasteiger partial charge in [-0.1, -0.05) is 0 Å². The van der Waals surface area contributed by atoms with Crippen molar-refractivity contribution in [3.05, 3.63) is 30.4 Å². The number of thioether (sulfide) groups is 1. The number of carbonyl (C=O) groups is 1. The molecule has 1 unspecified atom stereocenters. The van der Waals surface area contributed by atoms with E-state index >= 15 is 0 Å². The Morgan fingerprint density at radius 2 is 2.41 bits per heavy atom. The van der Waals surface area contributed by atoms with E-state index in [2.05, 4.69) is 25.5 Å².